The van der Waals surface area contributed by atoms with Crippen LogP contribution in [0.2, 0.25) is 0 Å². The molecule has 0 fully saturated rings. The summed E-state index contributed by atoms with van der Waals surface area (Å²) in [6.45, 7) is 2.76. The third kappa shape index (κ3) is 1.80. The second kappa shape index (κ2) is 3.95. The van der Waals surface area contributed by atoms with Crippen LogP contribution in [0.5, 0.6) is 0 Å². The lowest BCUT2D eigenvalue weighted by atomic mass is 9.73. The standard InChI is InChI=1S/C13H19NO/c1-10-6-7-13(15,8-9-14)12-5-3-2-4-11(10)12/h2-5,10,15H,6-9,14H2,1H3. The van der Waals surface area contributed by atoms with E-state index in [-0.39, 0.29) is 0 Å². The molecule has 0 saturated carbocycles. The fourth-order valence-corrected chi connectivity index (χ4v) is 2.59. The summed E-state index contributed by atoms with van der Waals surface area (Å²) in [5.74, 6) is 0.555. The molecule has 0 aliphatic heterocycles. The quantitative estimate of drug-likeness (QED) is 0.777. The van der Waals surface area contributed by atoms with Gasteiger partial charge in [-0.15, -0.1) is 0 Å². The van der Waals surface area contributed by atoms with Crippen molar-refractivity contribution >= 4 is 0 Å². The Kier molecular flexibility index (Phi) is 2.81. The predicted octanol–water partition coefficient (Wildman–Crippen LogP) is 2.12. The minimum Gasteiger partial charge on any atom is -0.385 e. The summed E-state index contributed by atoms with van der Waals surface area (Å²) in [6, 6.07) is 8.21. The van der Waals surface area contributed by atoms with Crippen molar-refractivity contribution in [3.8, 4) is 0 Å². The zero-order chi connectivity index (χ0) is 10.9. The van der Waals surface area contributed by atoms with Crippen molar-refractivity contribution in [3.05, 3.63) is 35.4 Å². The van der Waals surface area contributed by atoms with Crippen LogP contribution in [0.4, 0.5) is 0 Å². The van der Waals surface area contributed by atoms with E-state index in [2.05, 4.69) is 13.0 Å². The molecule has 0 radical (unpaired) electrons. The number of fused-ring (bicyclic) bond motifs is 1. The molecule has 0 saturated heterocycles. The maximum absolute atomic E-state index is 10.6. The zero-order valence-corrected chi connectivity index (χ0v) is 9.24. The van der Waals surface area contributed by atoms with E-state index in [0.717, 1.165) is 18.4 Å². The van der Waals surface area contributed by atoms with Crippen molar-refractivity contribution in [2.45, 2.75) is 37.7 Å². The second-order valence-electron chi connectivity index (χ2n) is 4.60. The summed E-state index contributed by atoms with van der Waals surface area (Å²) in [4.78, 5) is 0. The second-order valence-corrected chi connectivity index (χ2v) is 4.60. The number of nitrogens with two attached hydrogens (primary N) is 1. The monoisotopic (exact) mass is 205 g/mol. The number of benzene rings is 1. The van der Waals surface area contributed by atoms with E-state index in [1.54, 1.807) is 0 Å². The summed E-state index contributed by atoms with van der Waals surface area (Å²) >= 11 is 0. The van der Waals surface area contributed by atoms with Crippen LogP contribution in [-0.2, 0) is 5.60 Å². The van der Waals surface area contributed by atoms with E-state index < -0.39 is 5.60 Å². The normalized spacial score (nSPS) is 29.9. The van der Waals surface area contributed by atoms with Crippen molar-refractivity contribution in [2.75, 3.05) is 6.54 Å². The molecule has 2 nitrogen and oxygen atoms in total. The first-order valence-corrected chi connectivity index (χ1v) is 5.69. The molecule has 0 bridgehead atoms. The molecule has 0 amide bonds. The highest BCUT2D eigenvalue weighted by Gasteiger charge is 2.35. The average Bonchev–Trinajstić information content (AvgIpc) is 2.25. The molecule has 1 aromatic rings. The first-order chi connectivity index (χ1) is 7.17. The van der Waals surface area contributed by atoms with Gasteiger partial charge >= 0.3 is 0 Å². The van der Waals surface area contributed by atoms with Crippen molar-refractivity contribution in [1.82, 2.24) is 0 Å². The van der Waals surface area contributed by atoms with Crippen LogP contribution >= 0.6 is 0 Å². The molecule has 1 aromatic carbocycles. The summed E-state index contributed by atoms with van der Waals surface area (Å²) in [5.41, 5.74) is 7.28. The molecular formula is C13H19NO. The first kappa shape index (κ1) is 10.7. The number of hydrogen-bond donors (Lipinski definition) is 2. The molecular weight excluding hydrogens is 186 g/mol. The van der Waals surface area contributed by atoms with Gasteiger partial charge in [0.15, 0.2) is 0 Å². The molecule has 2 atom stereocenters. The Balaban J connectivity index is 2.44. The molecule has 2 heteroatoms. The highest BCUT2D eigenvalue weighted by molar-refractivity contribution is 5.37. The van der Waals surface area contributed by atoms with Crippen LogP contribution < -0.4 is 5.73 Å². The molecule has 1 aliphatic rings. The number of aliphatic hydroxyl groups is 1. The maximum Gasteiger partial charge on any atom is 0.0911 e. The van der Waals surface area contributed by atoms with Gasteiger partial charge in [-0.25, -0.2) is 0 Å². The smallest absolute Gasteiger partial charge is 0.0911 e. The maximum atomic E-state index is 10.6. The molecule has 1 aliphatic carbocycles. The summed E-state index contributed by atoms with van der Waals surface area (Å²) < 4.78 is 0. The van der Waals surface area contributed by atoms with Gasteiger partial charge in [0.1, 0.15) is 0 Å². The molecule has 3 N–H and O–H groups in total. The summed E-state index contributed by atoms with van der Waals surface area (Å²) in [7, 11) is 0. The number of rotatable bonds is 2. The summed E-state index contributed by atoms with van der Waals surface area (Å²) in [5, 5.41) is 10.6. The van der Waals surface area contributed by atoms with E-state index in [1.165, 1.54) is 5.56 Å². The lowest BCUT2D eigenvalue weighted by Gasteiger charge is -2.37. The molecule has 0 aromatic heterocycles. The Morgan fingerprint density at radius 3 is 2.93 bits per heavy atom. The van der Waals surface area contributed by atoms with Crippen molar-refractivity contribution in [1.29, 1.82) is 0 Å². The zero-order valence-electron chi connectivity index (χ0n) is 9.24. The van der Waals surface area contributed by atoms with Crippen molar-refractivity contribution in [3.63, 3.8) is 0 Å². The van der Waals surface area contributed by atoms with E-state index in [4.69, 9.17) is 5.73 Å². The van der Waals surface area contributed by atoms with Crippen LogP contribution in [0.25, 0.3) is 0 Å². The van der Waals surface area contributed by atoms with Gasteiger partial charge in [-0.2, -0.15) is 0 Å². The van der Waals surface area contributed by atoms with Gasteiger partial charge in [-0.3, -0.25) is 0 Å². The average molecular weight is 205 g/mol. The van der Waals surface area contributed by atoms with Gasteiger partial charge in [-0.05, 0) is 42.9 Å². The fraction of sp³-hybridized carbons (Fsp3) is 0.538. The molecule has 82 valence electrons. The van der Waals surface area contributed by atoms with E-state index >= 15 is 0 Å². The minimum absolute atomic E-state index is 0.541. The molecule has 0 spiro atoms. The van der Waals surface area contributed by atoms with Gasteiger partial charge < -0.3 is 10.8 Å². The van der Waals surface area contributed by atoms with Crippen molar-refractivity contribution < 1.29 is 5.11 Å². The largest absolute Gasteiger partial charge is 0.385 e. The Morgan fingerprint density at radius 2 is 2.20 bits per heavy atom. The highest BCUT2D eigenvalue weighted by atomic mass is 16.3. The molecule has 2 unspecified atom stereocenters. The molecule has 15 heavy (non-hydrogen) atoms. The van der Waals surface area contributed by atoms with Gasteiger partial charge in [0.05, 0.1) is 5.60 Å². The third-order valence-corrected chi connectivity index (χ3v) is 3.54. The first-order valence-electron chi connectivity index (χ1n) is 5.69. The van der Waals surface area contributed by atoms with Crippen LogP contribution in [0.3, 0.4) is 0 Å². The van der Waals surface area contributed by atoms with Crippen LogP contribution in [0.15, 0.2) is 24.3 Å². The Hall–Kier alpha value is -0.860. The SMILES string of the molecule is CC1CCC(O)(CCN)c2ccccc21. The van der Waals surface area contributed by atoms with Gasteiger partial charge in [-0.1, -0.05) is 31.2 Å². The van der Waals surface area contributed by atoms with Crippen LogP contribution in [0.1, 0.15) is 43.2 Å². The van der Waals surface area contributed by atoms with E-state index in [1.807, 2.05) is 18.2 Å². The predicted molar refractivity (Wildman–Crippen MR) is 61.7 cm³/mol. The Labute approximate surface area is 91.1 Å². The third-order valence-electron chi connectivity index (χ3n) is 3.54. The van der Waals surface area contributed by atoms with E-state index in [9.17, 15) is 5.11 Å². The number of hydrogen-bond acceptors (Lipinski definition) is 2. The van der Waals surface area contributed by atoms with Gasteiger partial charge in [0.25, 0.3) is 0 Å². The Morgan fingerprint density at radius 1 is 1.47 bits per heavy atom. The lowest BCUT2D eigenvalue weighted by Crippen LogP contribution is -2.33. The summed E-state index contributed by atoms with van der Waals surface area (Å²) in [6.07, 6.45) is 2.55. The minimum atomic E-state index is -0.683. The topological polar surface area (TPSA) is 46.2 Å². The molecule has 0 heterocycles. The fourth-order valence-electron chi connectivity index (χ4n) is 2.59. The molecule has 2 rings (SSSR count). The lowest BCUT2D eigenvalue weighted by molar-refractivity contribution is 0.00948. The van der Waals surface area contributed by atoms with Gasteiger partial charge in [0, 0.05) is 0 Å². The van der Waals surface area contributed by atoms with Crippen molar-refractivity contribution in [2.24, 2.45) is 5.73 Å². The Bertz CT molecular complexity index is 350. The van der Waals surface area contributed by atoms with Crippen LogP contribution in [0, 0.1) is 0 Å². The van der Waals surface area contributed by atoms with Crippen LogP contribution in [-0.4, -0.2) is 11.7 Å². The highest BCUT2D eigenvalue weighted by Crippen LogP contribution is 2.42. The van der Waals surface area contributed by atoms with Gasteiger partial charge in [0.2, 0.25) is 0 Å². The van der Waals surface area contributed by atoms with E-state index in [0.29, 0.717) is 18.9 Å².